The maximum Gasteiger partial charge on any atom is 0.329 e. The van der Waals surface area contributed by atoms with Gasteiger partial charge in [0.2, 0.25) is 5.91 Å². The summed E-state index contributed by atoms with van der Waals surface area (Å²) in [6.07, 6.45) is 0.336. The Kier molecular flexibility index (Phi) is 9.38. The van der Waals surface area contributed by atoms with E-state index < -0.39 is 18.0 Å². The monoisotopic (exact) mass is 398 g/mol. The van der Waals surface area contributed by atoms with Crippen molar-refractivity contribution in [3.8, 4) is 0 Å². The zero-order valence-corrected chi connectivity index (χ0v) is 16.2. The Morgan fingerprint density at radius 2 is 1.41 bits per heavy atom. The van der Waals surface area contributed by atoms with Crippen molar-refractivity contribution < 1.29 is 23.9 Å². The smallest absolute Gasteiger partial charge is 0.329 e. The topological polar surface area (TPSA) is 108 Å². The summed E-state index contributed by atoms with van der Waals surface area (Å²) in [6, 6.07) is 17.2. The molecule has 3 N–H and O–H groups in total. The summed E-state index contributed by atoms with van der Waals surface area (Å²) in [5.74, 6) is -1.66. The third-order valence-electron chi connectivity index (χ3n) is 4.07. The second-order valence-electron chi connectivity index (χ2n) is 6.46. The molecule has 1 atom stereocenters. The SMILES string of the molecule is NCCCC(=O)N[C@@H](CC(=O)OCc1ccccc1)C(=O)OCc1ccccc1. The number of benzene rings is 2. The second-order valence-corrected chi connectivity index (χ2v) is 6.46. The van der Waals surface area contributed by atoms with Gasteiger partial charge in [-0.3, -0.25) is 9.59 Å². The van der Waals surface area contributed by atoms with Crippen molar-refractivity contribution in [1.29, 1.82) is 0 Å². The molecule has 0 aliphatic heterocycles. The molecule has 0 spiro atoms. The Bertz CT molecular complexity index is 780. The zero-order chi connectivity index (χ0) is 20.9. The zero-order valence-electron chi connectivity index (χ0n) is 16.2. The van der Waals surface area contributed by atoms with Crippen LogP contribution in [0, 0.1) is 0 Å². The molecular formula is C22H26N2O5. The molecule has 0 unspecified atom stereocenters. The quantitative estimate of drug-likeness (QED) is 0.561. The minimum Gasteiger partial charge on any atom is -0.461 e. The lowest BCUT2D eigenvalue weighted by molar-refractivity contribution is -0.155. The van der Waals surface area contributed by atoms with Crippen molar-refractivity contribution in [2.24, 2.45) is 5.73 Å². The summed E-state index contributed by atoms with van der Waals surface area (Å²) in [6.45, 7) is 0.496. The Labute approximate surface area is 170 Å². The highest BCUT2D eigenvalue weighted by atomic mass is 16.5. The van der Waals surface area contributed by atoms with Gasteiger partial charge in [0, 0.05) is 6.42 Å². The maximum atomic E-state index is 12.5. The third kappa shape index (κ3) is 8.57. The molecule has 2 rings (SSSR count). The van der Waals surface area contributed by atoms with E-state index in [4.69, 9.17) is 15.2 Å². The van der Waals surface area contributed by atoms with E-state index in [0.29, 0.717) is 13.0 Å². The molecule has 7 heteroatoms. The van der Waals surface area contributed by atoms with E-state index >= 15 is 0 Å². The fraction of sp³-hybridized carbons (Fsp3) is 0.318. The van der Waals surface area contributed by atoms with E-state index in [9.17, 15) is 14.4 Å². The molecule has 0 saturated carbocycles. The molecule has 0 bridgehead atoms. The molecule has 0 saturated heterocycles. The van der Waals surface area contributed by atoms with E-state index in [0.717, 1.165) is 11.1 Å². The summed E-state index contributed by atoms with van der Waals surface area (Å²) in [7, 11) is 0. The van der Waals surface area contributed by atoms with E-state index in [1.165, 1.54) is 0 Å². The molecule has 0 aliphatic carbocycles. The van der Waals surface area contributed by atoms with Crippen molar-refractivity contribution in [3.05, 3.63) is 71.8 Å². The van der Waals surface area contributed by atoms with Crippen LogP contribution in [0.25, 0.3) is 0 Å². The molecule has 1 amide bonds. The van der Waals surface area contributed by atoms with Gasteiger partial charge in [-0.05, 0) is 24.1 Å². The number of esters is 2. The van der Waals surface area contributed by atoms with Crippen LogP contribution in [0.5, 0.6) is 0 Å². The highest BCUT2D eigenvalue weighted by Crippen LogP contribution is 2.07. The van der Waals surface area contributed by atoms with Gasteiger partial charge in [0.05, 0.1) is 6.42 Å². The summed E-state index contributed by atoms with van der Waals surface area (Å²) in [5.41, 5.74) is 7.05. The highest BCUT2D eigenvalue weighted by molar-refractivity contribution is 5.88. The Morgan fingerprint density at radius 3 is 1.97 bits per heavy atom. The van der Waals surface area contributed by atoms with Gasteiger partial charge in [0.15, 0.2) is 0 Å². The molecule has 0 heterocycles. The van der Waals surface area contributed by atoms with E-state index in [2.05, 4.69) is 5.32 Å². The van der Waals surface area contributed by atoms with Crippen molar-refractivity contribution in [2.45, 2.75) is 38.5 Å². The first-order valence-electron chi connectivity index (χ1n) is 9.48. The van der Waals surface area contributed by atoms with E-state index in [-0.39, 0.29) is 32.0 Å². The molecule has 0 fully saturated rings. The van der Waals surface area contributed by atoms with E-state index in [1.54, 1.807) is 0 Å². The Balaban J connectivity index is 1.92. The predicted octanol–water partition coefficient (Wildman–Crippen LogP) is 2.09. The molecule has 2 aromatic carbocycles. The van der Waals surface area contributed by atoms with Crippen LogP contribution in [0.3, 0.4) is 0 Å². The van der Waals surface area contributed by atoms with Gasteiger partial charge in [-0.15, -0.1) is 0 Å². The maximum absolute atomic E-state index is 12.5. The van der Waals surface area contributed by atoms with Gasteiger partial charge in [-0.2, -0.15) is 0 Å². The van der Waals surface area contributed by atoms with Gasteiger partial charge in [-0.25, -0.2) is 4.79 Å². The first kappa shape index (κ1) is 22.1. The lowest BCUT2D eigenvalue weighted by Gasteiger charge is -2.17. The minimum absolute atomic E-state index is 0.0495. The number of nitrogens with one attached hydrogen (secondary N) is 1. The molecule has 0 radical (unpaired) electrons. The number of hydrogen-bond acceptors (Lipinski definition) is 6. The first-order valence-corrected chi connectivity index (χ1v) is 9.48. The number of nitrogens with two attached hydrogens (primary N) is 1. The normalized spacial score (nSPS) is 11.3. The minimum atomic E-state index is -1.12. The third-order valence-corrected chi connectivity index (χ3v) is 4.07. The van der Waals surface area contributed by atoms with Crippen molar-refractivity contribution in [3.63, 3.8) is 0 Å². The number of carbonyl (C=O) groups excluding carboxylic acids is 3. The number of carbonyl (C=O) groups is 3. The lowest BCUT2D eigenvalue weighted by Crippen LogP contribution is -2.43. The van der Waals surface area contributed by atoms with Crippen LogP contribution in [-0.4, -0.2) is 30.4 Å². The van der Waals surface area contributed by atoms with Crippen LogP contribution < -0.4 is 11.1 Å². The molecule has 0 aromatic heterocycles. The largest absolute Gasteiger partial charge is 0.461 e. The number of hydrogen-bond donors (Lipinski definition) is 2. The summed E-state index contributed by atoms with van der Waals surface area (Å²) in [4.78, 5) is 36.7. The molecular weight excluding hydrogens is 372 g/mol. The van der Waals surface area contributed by atoms with Gasteiger partial charge in [-0.1, -0.05) is 60.7 Å². The van der Waals surface area contributed by atoms with E-state index in [1.807, 2.05) is 60.7 Å². The summed E-state index contributed by atoms with van der Waals surface area (Å²) < 4.78 is 10.5. The number of rotatable bonds is 11. The molecule has 7 nitrogen and oxygen atoms in total. The highest BCUT2D eigenvalue weighted by Gasteiger charge is 2.26. The van der Waals surface area contributed by atoms with Crippen molar-refractivity contribution in [1.82, 2.24) is 5.32 Å². The fourth-order valence-corrected chi connectivity index (χ4v) is 2.52. The predicted molar refractivity (Wildman–Crippen MR) is 107 cm³/mol. The molecule has 154 valence electrons. The second kappa shape index (κ2) is 12.3. The van der Waals surface area contributed by atoms with Gasteiger partial charge < -0.3 is 20.5 Å². The molecule has 0 aliphatic rings. The van der Waals surface area contributed by atoms with Crippen LogP contribution in [0.2, 0.25) is 0 Å². The average Bonchev–Trinajstić information content (AvgIpc) is 2.75. The summed E-state index contributed by atoms with van der Waals surface area (Å²) >= 11 is 0. The first-order chi connectivity index (χ1) is 14.1. The van der Waals surface area contributed by atoms with Crippen molar-refractivity contribution >= 4 is 17.8 Å². The van der Waals surface area contributed by atoms with Crippen LogP contribution in [-0.2, 0) is 37.1 Å². The van der Waals surface area contributed by atoms with Crippen LogP contribution in [0.15, 0.2) is 60.7 Å². The van der Waals surface area contributed by atoms with Crippen LogP contribution >= 0.6 is 0 Å². The van der Waals surface area contributed by atoms with Gasteiger partial charge in [0.1, 0.15) is 19.3 Å². The number of amides is 1. The lowest BCUT2D eigenvalue weighted by atomic mass is 10.2. The van der Waals surface area contributed by atoms with Crippen LogP contribution in [0.1, 0.15) is 30.4 Å². The van der Waals surface area contributed by atoms with Gasteiger partial charge in [0.25, 0.3) is 0 Å². The van der Waals surface area contributed by atoms with Gasteiger partial charge >= 0.3 is 11.9 Å². The summed E-state index contributed by atoms with van der Waals surface area (Å²) in [5, 5.41) is 2.55. The Morgan fingerprint density at radius 1 is 0.862 bits per heavy atom. The number of ether oxygens (including phenoxy) is 2. The Hall–Kier alpha value is -3.19. The fourth-order valence-electron chi connectivity index (χ4n) is 2.52. The van der Waals surface area contributed by atoms with Crippen LogP contribution in [0.4, 0.5) is 0 Å². The molecule has 29 heavy (non-hydrogen) atoms. The van der Waals surface area contributed by atoms with Crippen molar-refractivity contribution in [2.75, 3.05) is 6.54 Å². The standard InChI is InChI=1S/C22H26N2O5/c23-13-7-12-20(25)24-19(22(27)29-16-18-10-5-2-6-11-18)14-21(26)28-15-17-8-3-1-4-9-17/h1-6,8-11,19H,7,12-16,23H2,(H,24,25)/t19-/m0/s1. The molecule has 2 aromatic rings. The average molecular weight is 398 g/mol.